The number of hydrogen-bond donors (Lipinski definition) is 1. The molecule has 5 nitrogen and oxygen atoms in total. The maximum Gasteiger partial charge on any atom is 0.233 e. The van der Waals surface area contributed by atoms with Crippen LogP contribution in [-0.4, -0.2) is 58.9 Å². The van der Waals surface area contributed by atoms with Crippen LogP contribution in [0, 0.1) is 0 Å². The smallest absolute Gasteiger partial charge is 0.233 e. The van der Waals surface area contributed by atoms with Crippen LogP contribution in [0.5, 0.6) is 0 Å². The summed E-state index contributed by atoms with van der Waals surface area (Å²) < 4.78 is 0. The lowest BCUT2D eigenvalue weighted by molar-refractivity contribution is -0.135. The first-order valence-corrected chi connectivity index (χ1v) is 7.61. The van der Waals surface area contributed by atoms with Gasteiger partial charge in [0, 0.05) is 44.0 Å². The van der Waals surface area contributed by atoms with Gasteiger partial charge < -0.3 is 14.8 Å². The summed E-state index contributed by atoms with van der Waals surface area (Å²) >= 11 is 0. The van der Waals surface area contributed by atoms with Crippen molar-refractivity contribution >= 4 is 16.9 Å². The van der Waals surface area contributed by atoms with Crippen molar-refractivity contribution < 1.29 is 4.79 Å². The Morgan fingerprint density at radius 3 is 2.76 bits per heavy atom. The van der Waals surface area contributed by atoms with Crippen LogP contribution in [0.25, 0.3) is 11.0 Å². The minimum Gasteiger partial charge on any atom is -0.346 e. The van der Waals surface area contributed by atoms with Gasteiger partial charge in [-0.05, 0) is 37.6 Å². The number of amides is 1. The van der Waals surface area contributed by atoms with E-state index in [1.165, 1.54) is 0 Å². The highest BCUT2D eigenvalue weighted by Crippen LogP contribution is 2.51. The van der Waals surface area contributed by atoms with Gasteiger partial charge in [-0.1, -0.05) is 0 Å². The average molecular weight is 284 g/mol. The SMILES string of the molecule is CN1CCN(C(=O)C2(c3c[nH]c4ncccc34)CC2)CC1. The minimum absolute atomic E-state index is 0.294. The molecule has 2 aromatic rings. The standard InChI is InChI=1S/C16H20N4O/c1-19-7-9-20(10-8-19)15(21)16(4-5-16)13-11-18-14-12(13)3-2-6-17-14/h2-3,6,11H,4-5,7-10H2,1H3,(H,17,18). The highest BCUT2D eigenvalue weighted by atomic mass is 16.2. The van der Waals surface area contributed by atoms with Gasteiger partial charge in [-0.25, -0.2) is 4.98 Å². The fourth-order valence-corrected chi connectivity index (χ4v) is 3.39. The molecule has 0 radical (unpaired) electrons. The van der Waals surface area contributed by atoms with Crippen molar-refractivity contribution in [1.82, 2.24) is 19.8 Å². The van der Waals surface area contributed by atoms with Gasteiger partial charge in [-0.15, -0.1) is 0 Å². The Morgan fingerprint density at radius 1 is 1.29 bits per heavy atom. The van der Waals surface area contributed by atoms with Gasteiger partial charge in [0.05, 0.1) is 5.41 Å². The third kappa shape index (κ3) is 1.95. The maximum absolute atomic E-state index is 13.0. The first kappa shape index (κ1) is 12.8. The molecule has 2 aliphatic rings. The number of piperazine rings is 1. The van der Waals surface area contributed by atoms with E-state index in [1.54, 1.807) is 6.20 Å². The predicted octanol–water partition coefficient (Wildman–Crippen LogP) is 1.37. The van der Waals surface area contributed by atoms with Gasteiger partial charge in [0.15, 0.2) is 0 Å². The zero-order chi connectivity index (χ0) is 14.4. The van der Waals surface area contributed by atoms with Crippen molar-refractivity contribution in [3.8, 4) is 0 Å². The molecule has 21 heavy (non-hydrogen) atoms. The van der Waals surface area contributed by atoms with Crippen molar-refractivity contribution in [2.24, 2.45) is 0 Å². The van der Waals surface area contributed by atoms with Gasteiger partial charge in [0.2, 0.25) is 5.91 Å². The summed E-state index contributed by atoms with van der Waals surface area (Å²) in [6.45, 7) is 3.63. The fourth-order valence-electron chi connectivity index (χ4n) is 3.39. The quantitative estimate of drug-likeness (QED) is 0.906. The number of fused-ring (bicyclic) bond motifs is 1. The molecule has 2 aromatic heterocycles. The summed E-state index contributed by atoms with van der Waals surface area (Å²) in [6, 6.07) is 4.00. The molecule has 2 fully saturated rings. The minimum atomic E-state index is -0.294. The van der Waals surface area contributed by atoms with Crippen LogP contribution in [0.4, 0.5) is 0 Å². The van der Waals surface area contributed by atoms with E-state index in [-0.39, 0.29) is 5.41 Å². The summed E-state index contributed by atoms with van der Waals surface area (Å²) in [4.78, 5) is 24.9. The molecule has 1 aliphatic carbocycles. The van der Waals surface area contributed by atoms with Crippen molar-refractivity contribution in [2.45, 2.75) is 18.3 Å². The topological polar surface area (TPSA) is 52.2 Å². The number of carbonyl (C=O) groups is 1. The van der Waals surface area contributed by atoms with Crippen LogP contribution in [0.2, 0.25) is 0 Å². The molecule has 1 saturated heterocycles. The van der Waals surface area contributed by atoms with Crippen molar-refractivity contribution in [2.75, 3.05) is 33.2 Å². The first-order chi connectivity index (χ1) is 10.2. The molecule has 4 rings (SSSR count). The van der Waals surface area contributed by atoms with Gasteiger partial charge in [-0.2, -0.15) is 0 Å². The number of nitrogens with zero attached hydrogens (tertiary/aromatic N) is 3. The zero-order valence-electron chi connectivity index (χ0n) is 12.3. The normalized spacial score (nSPS) is 21.7. The van der Waals surface area contributed by atoms with Crippen LogP contribution in [0.3, 0.4) is 0 Å². The third-order valence-electron chi connectivity index (χ3n) is 4.92. The van der Waals surface area contributed by atoms with E-state index in [9.17, 15) is 4.79 Å². The molecule has 0 atom stereocenters. The van der Waals surface area contributed by atoms with Crippen LogP contribution in [-0.2, 0) is 10.2 Å². The molecule has 0 aromatic carbocycles. The Morgan fingerprint density at radius 2 is 2.05 bits per heavy atom. The number of pyridine rings is 1. The van der Waals surface area contributed by atoms with Crippen LogP contribution < -0.4 is 0 Å². The summed E-state index contributed by atoms with van der Waals surface area (Å²) in [5.41, 5.74) is 1.72. The second kappa shape index (κ2) is 4.56. The largest absolute Gasteiger partial charge is 0.346 e. The maximum atomic E-state index is 13.0. The second-order valence-electron chi connectivity index (χ2n) is 6.28. The van der Waals surface area contributed by atoms with E-state index >= 15 is 0 Å². The lowest BCUT2D eigenvalue weighted by atomic mass is 9.94. The Kier molecular flexibility index (Phi) is 2.79. The monoisotopic (exact) mass is 284 g/mol. The molecule has 0 bridgehead atoms. The average Bonchev–Trinajstić information content (AvgIpc) is 3.20. The zero-order valence-corrected chi connectivity index (χ0v) is 12.3. The van der Waals surface area contributed by atoms with Crippen molar-refractivity contribution in [3.63, 3.8) is 0 Å². The molecule has 1 aliphatic heterocycles. The van der Waals surface area contributed by atoms with Gasteiger partial charge in [0.25, 0.3) is 0 Å². The van der Waals surface area contributed by atoms with Gasteiger partial charge >= 0.3 is 0 Å². The number of H-pyrrole nitrogens is 1. The van der Waals surface area contributed by atoms with E-state index in [2.05, 4.69) is 28.0 Å². The number of hydrogen-bond acceptors (Lipinski definition) is 3. The number of rotatable bonds is 2. The van der Waals surface area contributed by atoms with E-state index in [1.807, 2.05) is 17.2 Å². The lowest BCUT2D eigenvalue weighted by Crippen LogP contribution is -2.50. The number of nitrogens with one attached hydrogen (secondary N) is 1. The van der Waals surface area contributed by atoms with Crippen LogP contribution >= 0.6 is 0 Å². The van der Waals surface area contributed by atoms with Crippen molar-refractivity contribution in [1.29, 1.82) is 0 Å². The number of aromatic amines is 1. The Balaban J connectivity index is 1.66. The van der Waals surface area contributed by atoms with Gasteiger partial charge in [-0.3, -0.25) is 4.79 Å². The molecule has 1 amide bonds. The Labute approximate surface area is 123 Å². The van der Waals surface area contributed by atoms with E-state index < -0.39 is 0 Å². The second-order valence-corrected chi connectivity index (χ2v) is 6.28. The molecule has 3 heterocycles. The van der Waals surface area contributed by atoms with Gasteiger partial charge in [0.1, 0.15) is 5.65 Å². The van der Waals surface area contributed by atoms with E-state index in [0.717, 1.165) is 55.6 Å². The molecule has 110 valence electrons. The number of likely N-dealkylation sites (N-methyl/N-ethyl adjacent to an activating group) is 1. The molecule has 5 heteroatoms. The van der Waals surface area contributed by atoms with E-state index in [4.69, 9.17) is 0 Å². The Hall–Kier alpha value is -1.88. The highest BCUT2D eigenvalue weighted by molar-refractivity contribution is 5.96. The first-order valence-electron chi connectivity index (χ1n) is 7.61. The Bertz CT molecular complexity index is 680. The number of carbonyl (C=O) groups excluding carboxylic acids is 1. The lowest BCUT2D eigenvalue weighted by Gasteiger charge is -2.34. The molecular formula is C16H20N4O. The molecular weight excluding hydrogens is 264 g/mol. The molecule has 1 saturated carbocycles. The van der Waals surface area contributed by atoms with Crippen LogP contribution in [0.1, 0.15) is 18.4 Å². The predicted molar refractivity (Wildman–Crippen MR) is 81.1 cm³/mol. The molecule has 0 spiro atoms. The summed E-state index contributed by atoms with van der Waals surface area (Å²) in [7, 11) is 2.11. The highest BCUT2D eigenvalue weighted by Gasteiger charge is 2.54. The third-order valence-corrected chi connectivity index (χ3v) is 4.92. The number of aromatic nitrogens is 2. The van der Waals surface area contributed by atoms with Crippen molar-refractivity contribution in [3.05, 3.63) is 30.1 Å². The molecule has 0 unspecified atom stereocenters. The summed E-state index contributed by atoms with van der Waals surface area (Å²) in [5, 5.41) is 1.09. The summed E-state index contributed by atoms with van der Waals surface area (Å²) in [5.74, 6) is 0.306. The fraction of sp³-hybridized carbons (Fsp3) is 0.500. The summed E-state index contributed by atoms with van der Waals surface area (Å²) in [6.07, 6.45) is 5.68. The van der Waals surface area contributed by atoms with Crippen LogP contribution in [0.15, 0.2) is 24.5 Å². The molecule has 1 N–H and O–H groups in total. The van der Waals surface area contributed by atoms with E-state index in [0.29, 0.717) is 5.91 Å².